The number of hydrogen-bond donors (Lipinski definition) is 2. The highest BCUT2D eigenvalue weighted by molar-refractivity contribution is 5.89. The molecule has 0 fully saturated rings. The Morgan fingerprint density at radius 1 is 1.10 bits per heavy atom. The lowest BCUT2D eigenvalue weighted by Gasteiger charge is -2.19. The fourth-order valence-electron chi connectivity index (χ4n) is 1.92. The normalized spacial score (nSPS) is 11.2. The molecule has 0 radical (unpaired) electrons. The molecule has 0 aromatic heterocycles. The Morgan fingerprint density at radius 3 is 2.19 bits per heavy atom. The summed E-state index contributed by atoms with van der Waals surface area (Å²) >= 11 is 0. The van der Waals surface area contributed by atoms with Gasteiger partial charge >= 0.3 is 5.97 Å². The molecule has 0 bridgehead atoms. The minimum Gasteiger partial charge on any atom is -0.478 e. The lowest BCUT2D eigenvalue weighted by molar-refractivity contribution is 0.0697. The van der Waals surface area contributed by atoms with Crippen LogP contribution >= 0.6 is 0 Å². The molecule has 0 aliphatic heterocycles. The first-order valence-corrected chi connectivity index (χ1v) is 6.68. The van der Waals surface area contributed by atoms with Gasteiger partial charge in [0.15, 0.2) is 0 Å². The predicted molar refractivity (Wildman–Crippen MR) is 83.0 cm³/mol. The van der Waals surface area contributed by atoms with Crippen molar-refractivity contribution in [1.82, 2.24) is 0 Å². The molecule has 0 saturated heterocycles. The van der Waals surface area contributed by atoms with Gasteiger partial charge in [-0.3, -0.25) is 0 Å². The SMILES string of the molecule is CC(C)(C)c1ccc(Oc2ccc(C(=O)O)cc2N)cc1. The van der Waals surface area contributed by atoms with Gasteiger partial charge in [0, 0.05) is 0 Å². The van der Waals surface area contributed by atoms with Crippen molar-refractivity contribution in [2.24, 2.45) is 0 Å². The second-order valence-electron chi connectivity index (χ2n) is 5.93. The van der Waals surface area contributed by atoms with Crippen LogP contribution in [0.25, 0.3) is 0 Å². The van der Waals surface area contributed by atoms with Crippen molar-refractivity contribution in [2.75, 3.05) is 5.73 Å². The zero-order valence-electron chi connectivity index (χ0n) is 12.4. The molecule has 2 rings (SSSR count). The Balaban J connectivity index is 2.20. The van der Waals surface area contributed by atoms with Gasteiger partial charge in [-0.15, -0.1) is 0 Å². The predicted octanol–water partition coefficient (Wildman–Crippen LogP) is 4.06. The standard InChI is InChI=1S/C17H19NO3/c1-17(2,3)12-5-7-13(8-6-12)21-15-9-4-11(16(19)20)10-14(15)18/h4-10H,18H2,1-3H3,(H,19,20). The highest BCUT2D eigenvalue weighted by Crippen LogP contribution is 2.30. The van der Waals surface area contributed by atoms with Crippen LogP contribution in [0.5, 0.6) is 11.5 Å². The van der Waals surface area contributed by atoms with Crippen molar-refractivity contribution < 1.29 is 14.6 Å². The van der Waals surface area contributed by atoms with Crippen molar-refractivity contribution in [1.29, 1.82) is 0 Å². The molecule has 110 valence electrons. The Kier molecular flexibility index (Phi) is 3.89. The molecule has 3 N–H and O–H groups in total. The van der Waals surface area contributed by atoms with Crippen LogP contribution in [0.1, 0.15) is 36.7 Å². The van der Waals surface area contributed by atoms with E-state index in [1.807, 2.05) is 24.3 Å². The number of anilines is 1. The molecule has 4 nitrogen and oxygen atoms in total. The first-order valence-electron chi connectivity index (χ1n) is 6.68. The van der Waals surface area contributed by atoms with Crippen LogP contribution in [-0.4, -0.2) is 11.1 Å². The van der Waals surface area contributed by atoms with Gasteiger partial charge in [0.2, 0.25) is 0 Å². The van der Waals surface area contributed by atoms with Gasteiger partial charge in [-0.1, -0.05) is 32.9 Å². The lowest BCUT2D eigenvalue weighted by atomic mass is 9.87. The van der Waals surface area contributed by atoms with Gasteiger partial charge in [-0.25, -0.2) is 4.79 Å². The molecule has 0 aliphatic carbocycles. The van der Waals surface area contributed by atoms with Crippen LogP contribution in [0.4, 0.5) is 5.69 Å². The number of carbonyl (C=O) groups is 1. The third-order valence-corrected chi connectivity index (χ3v) is 3.20. The summed E-state index contributed by atoms with van der Waals surface area (Å²) < 4.78 is 5.69. The quantitative estimate of drug-likeness (QED) is 0.834. The van der Waals surface area contributed by atoms with E-state index < -0.39 is 5.97 Å². The summed E-state index contributed by atoms with van der Waals surface area (Å²) in [5.74, 6) is 0.101. The summed E-state index contributed by atoms with van der Waals surface area (Å²) in [7, 11) is 0. The van der Waals surface area contributed by atoms with Crippen LogP contribution in [0.15, 0.2) is 42.5 Å². The van der Waals surface area contributed by atoms with Crippen LogP contribution in [0.3, 0.4) is 0 Å². The van der Waals surface area contributed by atoms with Crippen LogP contribution in [-0.2, 0) is 5.41 Å². The van der Waals surface area contributed by atoms with Gasteiger partial charge in [0.1, 0.15) is 11.5 Å². The van der Waals surface area contributed by atoms with Crippen molar-refractivity contribution in [3.05, 3.63) is 53.6 Å². The average Bonchev–Trinajstić information content (AvgIpc) is 2.40. The molecule has 0 saturated carbocycles. The molecule has 0 heterocycles. The van der Waals surface area contributed by atoms with Crippen molar-refractivity contribution in [3.63, 3.8) is 0 Å². The van der Waals surface area contributed by atoms with E-state index in [4.69, 9.17) is 15.6 Å². The second kappa shape index (κ2) is 5.48. The van der Waals surface area contributed by atoms with Gasteiger partial charge in [-0.05, 0) is 41.3 Å². The van der Waals surface area contributed by atoms with E-state index in [0.717, 1.165) is 0 Å². The maximum Gasteiger partial charge on any atom is 0.335 e. The minimum absolute atomic E-state index is 0.0840. The molecule has 21 heavy (non-hydrogen) atoms. The summed E-state index contributed by atoms with van der Waals surface area (Å²) in [6.07, 6.45) is 0. The van der Waals surface area contributed by atoms with Crippen LogP contribution < -0.4 is 10.5 Å². The zero-order chi connectivity index (χ0) is 15.6. The summed E-state index contributed by atoms with van der Waals surface area (Å²) in [5, 5.41) is 8.90. The van der Waals surface area contributed by atoms with Crippen molar-refractivity contribution in [3.8, 4) is 11.5 Å². The van der Waals surface area contributed by atoms with Gasteiger partial charge in [-0.2, -0.15) is 0 Å². The van der Waals surface area contributed by atoms with Gasteiger partial charge < -0.3 is 15.6 Å². The number of rotatable bonds is 3. The second-order valence-corrected chi connectivity index (χ2v) is 5.93. The first kappa shape index (κ1) is 14.9. The largest absolute Gasteiger partial charge is 0.478 e. The zero-order valence-corrected chi connectivity index (χ0v) is 12.4. The fraction of sp³-hybridized carbons (Fsp3) is 0.235. The first-order chi connectivity index (χ1) is 9.77. The smallest absolute Gasteiger partial charge is 0.335 e. The molecule has 0 spiro atoms. The summed E-state index contributed by atoms with van der Waals surface area (Å²) in [6, 6.07) is 12.2. The Morgan fingerprint density at radius 2 is 1.71 bits per heavy atom. The molecular formula is C17H19NO3. The fourth-order valence-corrected chi connectivity index (χ4v) is 1.92. The van der Waals surface area contributed by atoms with Crippen LogP contribution in [0, 0.1) is 0 Å². The summed E-state index contributed by atoms with van der Waals surface area (Å²) in [6.45, 7) is 6.43. The van der Waals surface area contributed by atoms with E-state index in [1.54, 1.807) is 6.07 Å². The average molecular weight is 285 g/mol. The van der Waals surface area contributed by atoms with E-state index >= 15 is 0 Å². The van der Waals surface area contributed by atoms with E-state index in [1.165, 1.54) is 17.7 Å². The molecule has 4 heteroatoms. The maximum absolute atomic E-state index is 10.9. The third-order valence-electron chi connectivity index (χ3n) is 3.20. The van der Waals surface area contributed by atoms with E-state index in [0.29, 0.717) is 17.2 Å². The Bertz CT molecular complexity index is 655. The number of aromatic carboxylic acids is 1. The van der Waals surface area contributed by atoms with Crippen molar-refractivity contribution >= 4 is 11.7 Å². The van der Waals surface area contributed by atoms with E-state index in [2.05, 4.69) is 20.8 Å². The molecular weight excluding hydrogens is 266 g/mol. The Hall–Kier alpha value is -2.49. The summed E-state index contributed by atoms with van der Waals surface area (Å²) in [5.41, 5.74) is 7.56. The van der Waals surface area contributed by atoms with Crippen LogP contribution in [0.2, 0.25) is 0 Å². The molecule has 2 aromatic carbocycles. The summed E-state index contributed by atoms with van der Waals surface area (Å²) in [4.78, 5) is 10.9. The molecule has 0 atom stereocenters. The van der Waals surface area contributed by atoms with Gasteiger partial charge in [0.25, 0.3) is 0 Å². The van der Waals surface area contributed by atoms with E-state index in [-0.39, 0.29) is 11.0 Å². The molecule has 2 aromatic rings. The lowest BCUT2D eigenvalue weighted by Crippen LogP contribution is -2.10. The number of hydrogen-bond acceptors (Lipinski definition) is 3. The minimum atomic E-state index is -1.01. The molecule has 0 amide bonds. The van der Waals surface area contributed by atoms with Crippen molar-refractivity contribution in [2.45, 2.75) is 26.2 Å². The highest BCUT2D eigenvalue weighted by Gasteiger charge is 2.13. The highest BCUT2D eigenvalue weighted by atomic mass is 16.5. The number of benzene rings is 2. The topological polar surface area (TPSA) is 72.5 Å². The number of carboxylic acids is 1. The van der Waals surface area contributed by atoms with Gasteiger partial charge in [0.05, 0.1) is 11.3 Å². The molecule has 0 aliphatic rings. The van der Waals surface area contributed by atoms with E-state index in [9.17, 15) is 4.79 Å². The number of nitrogens with two attached hydrogens (primary N) is 1. The number of nitrogen functional groups attached to an aromatic ring is 1. The number of ether oxygens (including phenoxy) is 1. The third kappa shape index (κ3) is 3.54. The maximum atomic E-state index is 10.9. The Labute approximate surface area is 124 Å². The number of carboxylic acid groups (broad SMARTS) is 1. The molecule has 0 unspecified atom stereocenters. The monoisotopic (exact) mass is 285 g/mol.